The minimum Gasteiger partial charge on any atom is -0.454 e. The standard InChI is InChI=1S/C19H18N4O5S2/c24-19(22-5-7-23(8-6-22)30(25,26)18-2-1-9-29-18)15-11-14(20-21-15)13-3-4-16-17(10-13)28-12-27-16/h1-4,9-11H,5-8,12H2,(H,20,21). The van der Waals surface area contributed by atoms with Gasteiger partial charge in [0.1, 0.15) is 9.90 Å². The SMILES string of the molecule is O=C(c1cc(-c2ccc3c(c2)OCO3)n[nH]1)N1CCN(S(=O)(=O)c2cccs2)CC1. The molecule has 1 aromatic carbocycles. The van der Waals surface area contributed by atoms with E-state index in [1.165, 1.54) is 15.6 Å². The van der Waals surface area contributed by atoms with Crippen LogP contribution in [0.4, 0.5) is 0 Å². The van der Waals surface area contributed by atoms with E-state index in [0.29, 0.717) is 40.2 Å². The van der Waals surface area contributed by atoms with Crippen molar-refractivity contribution in [1.29, 1.82) is 0 Å². The molecule has 1 amide bonds. The van der Waals surface area contributed by atoms with E-state index in [1.807, 2.05) is 12.1 Å². The largest absolute Gasteiger partial charge is 0.454 e. The lowest BCUT2D eigenvalue weighted by Gasteiger charge is -2.33. The fourth-order valence-electron chi connectivity index (χ4n) is 3.47. The molecule has 9 nitrogen and oxygen atoms in total. The minimum atomic E-state index is -3.50. The molecule has 0 atom stereocenters. The van der Waals surface area contributed by atoms with Crippen LogP contribution in [0.2, 0.25) is 0 Å². The second kappa shape index (κ2) is 7.42. The monoisotopic (exact) mass is 446 g/mol. The number of benzene rings is 1. The van der Waals surface area contributed by atoms with Gasteiger partial charge >= 0.3 is 0 Å². The van der Waals surface area contributed by atoms with Crippen LogP contribution in [0.25, 0.3) is 11.3 Å². The van der Waals surface area contributed by atoms with E-state index in [1.54, 1.807) is 34.5 Å². The highest BCUT2D eigenvalue weighted by atomic mass is 32.2. The zero-order chi connectivity index (χ0) is 20.7. The van der Waals surface area contributed by atoms with Gasteiger partial charge in [-0.15, -0.1) is 11.3 Å². The minimum absolute atomic E-state index is 0.192. The summed E-state index contributed by atoms with van der Waals surface area (Å²) >= 11 is 1.20. The normalized spacial score (nSPS) is 16.7. The van der Waals surface area contributed by atoms with Crippen molar-refractivity contribution in [1.82, 2.24) is 19.4 Å². The number of carbonyl (C=O) groups is 1. The molecule has 0 radical (unpaired) electrons. The molecule has 0 unspecified atom stereocenters. The molecule has 2 aliphatic rings. The lowest BCUT2D eigenvalue weighted by molar-refractivity contribution is 0.0692. The number of nitrogens with one attached hydrogen (secondary N) is 1. The van der Waals surface area contributed by atoms with Crippen LogP contribution in [-0.2, 0) is 10.0 Å². The molecule has 5 rings (SSSR count). The van der Waals surface area contributed by atoms with Gasteiger partial charge in [0.15, 0.2) is 11.5 Å². The zero-order valence-corrected chi connectivity index (χ0v) is 17.4. The number of H-pyrrole nitrogens is 1. The van der Waals surface area contributed by atoms with Gasteiger partial charge in [-0.05, 0) is 35.7 Å². The van der Waals surface area contributed by atoms with Crippen LogP contribution in [0.5, 0.6) is 11.5 Å². The number of hydrogen-bond donors (Lipinski definition) is 1. The van der Waals surface area contributed by atoms with Gasteiger partial charge in [-0.2, -0.15) is 9.40 Å². The van der Waals surface area contributed by atoms with Crippen molar-refractivity contribution in [2.75, 3.05) is 33.0 Å². The van der Waals surface area contributed by atoms with Crippen molar-refractivity contribution >= 4 is 27.3 Å². The molecule has 156 valence electrons. The summed E-state index contributed by atoms with van der Waals surface area (Å²) in [5.74, 6) is 1.12. The summed E-state index contributed by atoms with van der Waals surface area (Å²) in [5, 5.41) is 8.77. The molecule has 30 heavy (non-hydrogen) atoms. The van der Waals surface area contributed by atoms with Crippen molar-refractivity contribution in [2.24, 2.45) is 0 Å². The number of thiophene rings is 1. The summed E-state index contributed by atoms with van der Waals surface area (Å²) in [6.07, 6.45) is 0. The third-order valence-electron chi connectivity index (χ3n) is 5.09. The van der Waals surface area contributed by atoms with Crippen molar-refractivity contribution in [3.8, 4) is 22.8 Å². The maximum atomic E-state index is 12.9. The summed E-state index contributed by atoms with van der Waals surface area (Å²) in [5.41, 5.74) is 1.79. The average Bonchev–Trinajstić information content (AvgIpc) is 3.54. The van der Waals surface area contributed by atoms with E-state index in [2.05, 4.69) is 10.2 Å². The second-order valence-corrected chi connectivity index (χ2v) is 9.98. The first kappa shape index (κ1) is 19.1. The third kappa shape index (κ3) is 3.34. The molecular weight excluding hydrogens is 428 g/mol. The predicted molar refractivity (Wildman–Crippen MR) is 109 cm³/mol. The Kier molecular flexibility index (Phi) is 4.72. The van der Waals surface area contributed by atoms with Crippen LogP contribution in [0.3, 0.4) is 0 Å². The van der Waals surface area contributed by atoms with Gasteiger partial charge in [0.25, 0.3) is 15.9 Å². The number of aromatic amines is 1. The van der Waals surface area contributed by atoms with Gasteiger partial charge in [0, 0.05) is 31.7 Å². The quantitative estimate of drug-likeness (QED) is 0.657. The molecule has 1 saturated heterocycles. The molecule has 3 aromatic rings. The van der Waals surface area contributed by atoms with Gasteiger partial charge in [0.05, 0.1) is 5.69 Å². The Balaban J connectivity index is 1.27. The van der Waals surface area contributed by atoms with Gasteiger partial charge < -0.3 is 14.4 Å². The number of sulfonamides is 1. The average molecular weight is 447 g/mol. The van der Waals surface area contributed by atoms with E-state index in [-0.39, 0.29) is 25.8 Å². The predicted octanol–water partition coefficient (Wildman–Crippen LogP) is 2.01. The molecule has 4 heterocycles. The van der Waals surface area contributed by atoms with Crippen molar-refractivity contribution in [2.45, 2.75) is 4.21 Å². The Morgan fingerprint density at radius 2 is 1.87 bits per heavy atom. The lowest BCUT2D eigenvalue weighted by Crippen LogP contribution is -2.50. The molecule has 11 heteroatoms. The molecule has 1 N–H and O–H groups in total. The van der Waals surface area contributed by atoms with E-state index in [0.717, 1.165) is 5.56 Å². The summed E-state index contributed by atoms with van der Waals surface area (Å²) in [6, 6.07) is 10.5. The third-order valence-corrected chi connectivity index (χ3v) is 8.36. The van der Waals surface area contributed by atoms with E-state index in [9.17, 15) is 13.2 Å². The summed E-state index contributed by atoms with van der Waals surface area (Å²) in [7, 11) is -3.50. The second-order valence-electron chi connectivity index (χ2n) is 6.86. The van der Waals surface area contributed by atoms with Crippen molar-refractivity contribution in [3.63, 3.8) is 0 Å². The van der Waals surface area contributed by atoms with Crippen LogP contribution in [-0.4, -0.2) is 66.7 Å². The molecule has 1 fully saturated rings. The number of fused-ring (bicyclic) bond motifs is 1. The Bertz CT molecular complexity index is 1180. The van der Waals surface area contributed by atoms with Crippen LogP contribution < -0.4 is 9.47 Å². The summed E-state index contributed by atoms with van der Waals surface area (Å²) < 4.78 is 37.7. The first-order chi connectivity index (χ1) is 14.5. The Hall–Kier alpha value is -2.89. The highest BCUT2D eigenvalue weighted by Gasteiger charge is 2.31. The number of amides is 1. The fourth-order valence-corrected chi connectivity index (χ4v) is 6.04. The Morgan fingerprint density at radius 1 is 1.07 bits per heavy atom. The van der Waals surface area contributed by atoms with E-state index in [4.69, 9.17) is 9.47 Å². The number of rotatable bonds is 4. The number of ether oxygens (including phenoxy) is 2. The number of aromatic nitrogens is 2. The maximum absolute atomic E-state index is 12.9. The Morgan fingerprint density at radius 3 is 2.63 bits per heavy atom. The van der Waals surface area contributed by atoms with Gasteiger partial charge in [-0.1, -0.05) is 6.07 Å². The van der Waals surface area contributed by atoms with E-state index >= 15 is 0 Å². The molecule has 0 saturated carbocycles. The van der Waals surface area contributed by atoms with Crippen LogP contribution in [0, 0.1) is 0 Å². The molecule has 2 aliphatic heterocycles. The van der Waals surface area contributed by atoms with Crippen LogP contribution in [0.15, 0.2) is 46.0 Å². The van der Waals surface area contributed by atoms with Crippen molar-refractivity contribution < 1.29 is 22.7 Å². The molecule has 2 aromatic heterocycles. The smallest absolute Gasteiger partial charge is 0.271 e. The number of carbonyl (C=O) groups excluding carboxylic acids is 1. The van der Waals surface area contributed by atoms with E-state index < -0.39 is 10.0 Å². The first-order valence-corrected chi connectivity index (χ1v) is 11.6. The number of piperazine rings is 1. The molecular formula is C19H18N4O5S2. The van der Waals surface area contributed by atoms with Gasteiger partial charge in [0.2, 0.25) is 6.79 Å². The molecule has 0 aliphatic carbocycles. The van der Waals surface area contributed by atoms with Gasteiger partial charge in [-0.3, -0.25) is 9.89 Å². The highest BCUT2D eigenvalue weighted by molar-refractivity contribution is 7.91. The molecule has 0 bridgehead atoms. The maximum Gasteiger partial charge on any atom is 0.271 e. The summed E-state index contributed by atoms with van der Waals surface area (Å²) in [6.45, 7) is 1.35. The highest BCUT2D eigenvalue weighted by Crippen LogP contribution is 2.35. The number of hydrogen-bond acceptors (Lipinski definition) is 7. The molecule has 0 spiro atoms. The first-order valence-electron chi connectivity index (χ1n) is 9.31. The van der Waals surface area contributed by atoms with Gasteiger partial charge in [-0.25, -0.2) is 8.42 Å². The van der Waals surface area contributed by atoms with Crippen LogP contribution >= 0.6 is 11.3 Å². The Labute approximate surface area is 176 Å². The number of nitrogens with zero attached hydrogens (tertiary/aromatic N) is 3. The lowest BCUT2D eigenvalue weighted by atomic mass is 10.1. The summed E-state index contributed by atoms with van der Waals surface area (Å²) in [4.78, 5) is 14.5. The zero-order valence-electron chi connectivity index (χ0n) is 15.8. The topological polar surface area (TPSA) is 105 Å². The fraction of sp³-hybridized carbons (Fsp3) is 0.263. The van der Waals surface area contributed by atoms with Crippen molar-refractivity contribution in [3.05, 3.63) is 47.5 Å². The van der Waals surface area contributed by atoms with Crippen LogP contribution in [0.1, 0.15) is 10.5 Å².